The van der Waals surface area contributed by atoms with Crippen LogP contribution >= 0.6 is 0 Å². The minimum absolute atomic E-state index is 0.463. The van der Waals surface area contributed by atoms with E-state index in [2.05, 4.69) is 130 Å². The molecule has 0 nitrogen and oxygen atoms in total. The third kappa shape index (κ3) is 4.17. The van der Waals surface area contributed by atoms with Crippen molar-refractivity contribution in [1.29, 1.82) is 0 Å². The number of rotatable bonds is 8. The zero-order valence-corrected chi connectivity index (χ0v) is 23.0. The lowest BCUT2D eigenvalue weighted by atomic mass is 9.69. The maximum Gasteiger partial charge on any atom is 0.00947 e. The van der Waals surface area contributed by atoms with Gasteiger partial charge in [-0.05, 0) is 69.7 Å². The molecular weight excluding hydrogens is 456 g/mol. The number of hydrogen-bond donors (Lipinski definition) is 0. The summed E-state index contributed by atoms with van der Waals surface area (Å²) in [6, 6.07) is 35.9. The summed E-state index contributed by atoms with van der Waals surface area (Å²) in [5.41, 5.74) is 14.5. The van der Waals surface area contributed by atoms with E-state index in [-0.39, 0.29) is 0 Å². The molecule has 0 N–H and O–H groups in total. The van der Waals surface area contributed by atoms with Gasteiger partial charge in [0, 0.05) is 11.8 Å². The van der Waals surface area contributed by atoms with Crippen LogP contribution in [0.2, 0.25) is 0 Å². The number of benzene rings is 4. The molecule has 0 aliphatic heterocycles. The van der Waals surface area contributed by atoms with E-state index >= 15 is 0 Å². The minimum Gasteiger partial charge on any atom is -0.0654 e. The van der Waals surface area contributed by atoms with Crippen LogP contribution in [0.1, 0.15) is 80.5 Å². The highest BCUT2D eigenvalue weighted by Gasteiger charge is 2.40. The zero-order chi connectivity index (χ0) is 26.1. The maximum absolute atomic E-state index is 2.54. The van der Waals surface area contributed by atoms with Crippen LogP contribution < -0.4 is 0 Å². The third-order valence-corrected chi connectivity index (χ3v) is 8.87. The minimum atomic E-state index is 0.463. The van der Waals surface area contributed by atoms with Crippen LogP contribution in [0.15, 0.2) is 108 Å². The van der Waals surface area contributed by atoms with E-state index in [9.17, 15) is 0 Å². The van der Waals surface area contributed by atoms with E-state index in [1.807, 2.05) is 0 Å². The molecule has 2 aliphatic rings. The largest absolute Gasteiger partial charge is 0.0654 e. The van der Waals surface area contributed by atoms with Crippen LogP contribution in [0, 0.1) is 5.92 Å². The van der Waals surface area contributed by atoms with E-state index in [0.29, 0.717) is 17.8 Å². The number of fused-ring (bicyclic) bond motifs is 2. The first kappa shape index (κ1) is 24.7. The summed E-state index contributed by atoms with van der Waals surface area (Å²) in [5.74, 6) is 1.48. The van der Waals surface area contributed by atoms with Crippen molar-refractivity contribution in [1.82, 2.24) is 0 Å². The Balaban J connectivity index is 1.49. The third-order valence-electron chi connectivity index (χ3n) is 8.87. The number of allylic oxidation sites excluding steroid dienone is 2. The SMILES string of the molecule is CCCC(C1C(CC)=Cc2c(-c3ccccc3)cccc21)C1C(CC)=Cc2c(-c3ccccc3)cccc21. The van der Waals surface area contributed by atoms with Crippen molar-refractivity contribution in [2.75, 3.05) is 0 Å². The summed E-state index contributed by atoms with van der Waals surface area (Å²) in [4.78, 5) is 0. The van der Waals surface area contributed by atoms with Crippen LogP contribution in [-0.4, -0.2) is 0 Å². The normalized spacial score (nSPS) is 18.5. The van der Waals surface area contributed by atoms with Crippen LogP contribution in [0.5, 0.6) is 0 Å². The van der Waals surface area contributed by atoms with E-state index < -0.39 is 0 Å². The lowest BCUT2D eigenvalue weighted by molar-refractivity contribution is 0.377. The lowest BCUT2D eigenvalue weighted by Crippen LogP contribution is -2.22. The fraction of sp³-hybridized carbons (Fsp3) is 0.263. The van der Waals surface area contributed by atoms with Gasteiger partial charge in [0.15, 0.2) is 0 Å². The summed E-state index contributed by atoms with van der Waals surface area (Å²) in [6.45, 7) is 7.06. The van der Waals surface area contributed by atoms with Crippen molar-refractivity contribution in [2.24, 2.45) is 5.92 Å². The quantitative estimate of drug-likeness (QED) is 0.228. The Kier molecular flexibility index (Phi) is 6.90. The molecule has 0 aromatic heterocycles. The summed E-state index contributed by atoms with van der Waals surface area (Å²) >= 11 is 0. The maximum atomic E-state index is 2.54. The molecule has 0 bridgehead atoms. The van der Waals surface area contributed by atoms with Gasteiger partial charge < -0.3 is 0 Å². The highest BCUT2D eigenvalue weighted by Crippen LogP contribution is 2.56. The molecule has 4 aromatic carbocycles. The Morgan fingerprint density at radius 1 is 0.526 bits per heavy atom. The van der Waals surface area contributed by atoms with Gasteiger partial charge in [0.25, 0.3) is 0 Å². The standard InChI is InChI=1S/C38H38/c1-4-15-34(37-26(5-2)24-35-30(20-13-22-32(35)37)28-16-9-7-10-17-28)38-27(6-3)25-36-31(21-14-23-33(36)38)29-18-11-8-12-19-29/h7-14,16-25,34,37-38H,4-6,15H2,1-3H3. The predicted octanol–water partition coefficient (Wildman–Crippen LogP) is 10.9. The van der Waals surface area contributed by atoms with Crippen molar-refractivity contribution in [3.05, 3.63) is 130 Å². The molecule has 0 saturated heterocycles. The second-order valence-electron chi connectivity index (χ2n) is 10.9. The van der Waals surface area contributed by atoms with E-state index in [4.69, 9.17) is 0 Å². The smallest absolute Gasteiger partial charge is 0.00947 e. The van der Waals surface area contributed by atoms with Crippen molar-refractivity contribution < 1.29 is 0 Å². The van der Waals surface area contributed by atoms with Crippen molar-refractivity contribution in [3.8, 4) is 22.3 Å². The molecule has 6 rings (SSSR count). The van der Waals surface area contributed by atoms with Crippen LogP contribution in [-0.2, 0) is 0 Å². The first-order valence-electron chi connectivity index (χ1n) is 14.5. The molecule has 0 spiro atoms. The van der Waals surface area contributed by atoms with Crippen LogP contribution in [0.4, 0.5) is 0 Å². The highest BCUT2D eigenvalue weighted by atomic mass is 14.4. The first-order valence-corrected chi connectivity index (χ1v) is 14.5. The molecule has 0 saturated carbocycles. The van der Waals surface area contributed by atoms with Crippen molar-refractivity contribution in [3.63, 3.8) is 0 Å². The van der Waals surface area contributed by atoms with Crippen LogP contribution in [0.25, 0.3) is 34.4 Å². The van der Waals surface area contributed by atoms with Crippen molar-refractivity contribution >= 4 is 12.2 Å². The molecule has 38 heavy (non-hydrogen) atoms. The number of hydrogen-bond acceptors (Lipinski definition) is 0. The van der Waals surface area contributed by atoms with Crippen molar-refractivity contribution in [2.45, 2.75) is 58.3 Å². The van der Waals surface area contributed by atoms with Gasteiger partial charge in [-0.1, -0.05) is 148 Å². The summed E-state index contributed by atoms with van der Waals surface area (Å²) in [7, 11) is 0. The Hall–Kier alpha value is -3.64. The molecule has 0 amide bonds. The zero-order valence-electron chi connectivity index (χ0n) is 23.0. The molecule has 190 valence electrons. The average molecular weight is 495 g/mol. The van der Waals surface area contributed by atoms with Gasteiger partial charge in [-0.25, -0.2) is 0 Å². The topological polar surface area (TPSA) is 0 Å². The average Bonchev–Trinajstić information content (AvgIpc) is 3.55. The fourth-order valence-corrected chi connectivity index (χ4v) is 7.23. The van der Waals surface area contributed by atoms with E-state index in [1.165, 1.54) is 57.3 Å². The van der Waals surface area contributed by atoms with Gasteiger partial charge in [0.05, 0.1) is 0 Å². The Bertz CT molecular complexity index is 1370. The van der Waals surface area contributed by atoms with Gasteiger partial charge in [0.2, 0.25) is 0 Å². The first-order chi connectivity index (χ1) is 18.7. The van der Waals surface area contributed by atoms with Crippen LogP contribution in [0.3, 0.4) is 0 Å². The summed E-state index contributed by atoms with van der Waals surface area (Å²) in [6.07, 6.45) is 9.71. The monoisotopic (exact) mass is 494 g/mol. The fourth-order valence-electron chi connectivity index (χ4n) is 7.23. The predicted molar refractivity (Wildman–Crippen MR) is 164 cm³/mol. The Labute approximate surface area is 228 Å². The summed E-state index contributed by atoms with van der Waals surface area (Å²) < 4.78 is 0. The van der Waals surface area contributed by atoms with Gasteiger partial charge in [-0.15, -0.1) is 0 Å². The molecule has 0 fully saturated rings. The molecule has 2 atom stereocenters. The van der Waals surface area contributed by atoms with E-state index in [1.54, 1.807) is 11.1 Å². The second-order valence-corrected chi connectivity index (χ2v) is 10.9. The Morgan fingerprint density at radius 3 is 1.37 bits per heavy atom. The highest BCUT2D eigenvalue weighted by molar-refractivity contribution is 5.84. The van der Waals surface area contributed by atoms with Gasteiger partial charge in [0.1, 0.15) is 0 Å². The lowest BCUT2D eigenvalue weighted by Gasteiger charge is -2.34. The molecule has 0 heterocycles. The summed E-state index contributed by atoms with van der Waals surface area (Å²) in [5, 5.41) is 0. The molecule has 4 aromatic rings. The van der Waals surface area contributed by atoms with Gasteiger partial charge in [-0.3, -0.25) is 0 Å². The Morgan fingerprint density at radius 2 is 0.974 bits per heavy atom. The molecule has 2 unspecified atom stereocenters. The molecular formula is C38H38. The van der Waals surface area contributed by atoms with Gasteiger partial charge >= 0.3 is 0 Å². The van der Waals surface area contributed by atoms with E-state index in [0.717, 1.165) is 12.8 Å². The molecule has 2 aliphatic carbocycles. The second kappa shape index (κ2) is 10.6. The molecule has 0 heteroatoms. The van der Waals surface area contributed by atoms with Gasteiger partial charge in [-0.2, -0.15) is 0 Å². The molecule has 0 radical (unpaired) electrons.